The number of guanidine groups is 1. The van der Waals surface area contributed by atoms with Crippen LogP contribution in [0.4, 0.5) is 0 Å². The van der Waals surface area contributed by atoms with Crippen LogP contribution in [0, 0.1) is 0 Å². The highest BCUT2D eigenvalue weighted by Gasteiger charge is 1.99. The summed E-state index contributed by atoms with van der Waals surface area (Å²) in [6.07, 6.45) is 4.53. The van der Waals surface area contributed by atoms with Crippen LogP contribution in [0.1, 0.15) is 18.4 Å². The molecular weight excluding hydrogens is 310 g/mol. The van der Waals surface area contributed by atoms with E-state index in [0.717, 1.165) is 31.2 Å². The highest BCUT2D eigenvalue weighted by atomic mass is 32.2. The van der Waals surface area contributed by atoms with Crippen LogP contribution in [0.2, 0.25) is 0 Å². The second kappa shape index (κ2) is 13.1. The largest absolute Gasteiger partial charge is 0.491 e. The number of hydrogen-bond acceptors (Lipinski definition) is 4. The van der Waals surface area contributed by atoms with Crippen molar-refractivity contribution in [2.24, 2.45) is 4.99 Å². The second-order valence-electron chi connectivity index (χ2n) is 5.04. The average molecular weight is 340 g/mol. The molecule has 0 aliphatic heterocycles. The molecule has 130 valence electrons. The van der Waals surface area contributed by atoms with Gasteiger partial charge in [0.15, 0.2) is 5.96 Å². The van der Waals surface area contributed by atoms with Crippen molar-refractivity contribution in [3.63, 3.8) is 0 Å². The van der Waals surface area contributed by atoms with Crippen molar-refractivity contribution in [3.8, 4) is 5.75 Å². The molecule has 6 heteroatoms. The smallest absolute Gasteiger partial charge is 0.191 e. The molecule has 0 fully saturated rings. The summed E-state index contributed by atoms with van der Waals surface area (Å²) in [7, 11) is 3.46. The summed E-state index contributed by atoms with van der Waals surface area (Å²) >= 11 is 1.89. The van der Waals surface area contributed by atoms with E-state index in [1.807, 2.05) is 23.9 Å². The number of unbranched alkanes of at least 4 members (excludes halogenated alkanes) is 1. The lowest BCUT2D eigenvalue weighted by Gasteiger charge is -2.12. The second-order valence-corrected chi connectivity index (χ2v) is 6.02. The maximum atomic E-state index is 5.55. The average Bonchev–Trinajstić information content (AvgIpc) is 2.59. The van der Waals surface area contributed by atoms with Crippen LogP contribution in [0.25, 0.3) is 0 Å². The van der Waals surface area contributed by atoms with Gasteiger partial charge in [0.05, 0.1) is 6.61 Å². The van der Waals surface area contributed by atoms with E-state index in [1.54, 1.807) is 14.2 Å². The van der Waals surface area contributed by atoms with Gasteiger partial charge in [-0.15, -0.1) is 0 Å². The third kappa shape index (κ3) is 9.36. The van der Waals surface area contributed by atoms with Gasteiger partial charge in [-0.05, 0) is 42.5 Å². The number of nitrogens with one attached hydrogen (secondary N) is 2. The molecule has 1 aromatic carbocycles. The van der Waals surface area contributed by atoms with Gasteiger partial charge in [0.25, 0.3) is 0 Å². The number of methoxy groups -OCH3 is 1. The molecular formula is C17H29N3O2S. The molecule has 5 nitrogen and oxygen atoms in total. The Bertz CT molecular complexity index is 438. The molecule has 0 bridgehead atoms. The molecule has 0 radical (unpaired) electrons. The number of hydrogen-bond donors (Lipinski definition) is 2. The minimum absolute atomic E-state index is 0.571. The summed E-state index contributed by atoms with van der Waals surface area (Å²) in [4.78, 5) is 4.24. The third-order valence-electron chi connectivity index (χ3n) is 3.23. The predicted molar refractivity (Wildman–Crippen MR) is 99.6 cm³/mol. The minimum Gasteiger partial charge on any atom is -0.491 e. The van der Waals surface area contributed by atoms with E-state index in [9.17, 15) is 0 Å². The van der Waals surface area contributed by atoms with Gasteiger partial charge in [0, 0.05) is 27.2 Å². The van der Waals surface area contributed by atoms with E-state index in [0.29, 0.717) is 13.2 Å². The van der Waals surface area contributed by atoms with Gasteiger partial charge in [-0.2, -0.15) is 11.8 Å². The van der Waals surface area contributed by atoms with Gasteiger partial charge in [-0.1, -0.05) is 12.1 Å². The zero-order valence-electron chi connectivity index (χ0n) is 14.4. The molecule has 0 spiro atoms. The molecule has 0 unspecified atom stereocenters. The van der Waals surface area contributed by atoms with E-state index < -0.39 is 0 Å². The summed E-state index contributed by atoms with van der Waals surface area (Å²) in [6, 6.07) is 8.07. The maximum Gasteiger partial charge on any atom is 0.191 e. The molecule has 2 N–H and O–H groups in total. The summed E-state index contributed by atoms with van der Waals surface area (Å²) in [5, 5.41) is 6.66. The molecule has 0 saturated carbocycles. The third-order valence-corrected chi connectivity index (χ3v) is 3.93. The van der Waals surface area contributed by atoms with Gasteiger partial charge in [0.2, 0.25) is 0 Å². The van der Waals surface area contributed by atoms with E-state index in [4.69, 9.17) is 9.47 Å². The number of thioether (sulfide) groups is 1. The van der Waals surface area contributed by atoms with Crippen LogP contribution < -0.4 is 15.4 Å². The molecule has 23 heavy (non-hydrogen) atoms. The first-order chi connectivity index (χ1) is 11.3. The topological polar surface area (TPSA) is 54.9 Å². The maximum absolute atomic E-state index is 5.55. The van der Waals surface area contributed by atoms with Crippen LogP contribution in [-0.4, -0.2) is 51.9 Å². The molecule has 0 amide bonds. The number of benzene rings is 1. The van der Waals surface area contributed by atoms with E-state index in [1.165, 1.54) is 17.7 Å². The summed E-state index contributed by atoms with van der Waals surface area (Å²) < 4.78 is 10.5. The zero-order valence-corrected chi connectivity index (χ0v) is 15.2. The first kappa shape index (κ1) is 19.6. The van der Waals surface area contributed by atoms with E-state index >= 15 is 0 Å². The Labute approximate surface area is 144 Å². The van der Waals surface area contributed by atoms with Gasteiger partial charge >= 0.3 is 0 Å². The van der Waals surface area contributed by atoms with Crippen LogP contribution in [-0.2, 0) is 11.3 Å². The Balaban J connectivity index is 2.26. The van der Waals surface area contributed by atoms with E-state index in [-0.39, 0.29) is 0 Å². The Hall–Kier alpha value is -1.40. The van der Waals surface area contributed by atoms with Gasteiger partial charge < -0.3 is 20.1 Å². The van der Waals surface area contributed by atoms with Crippen molar-refractivity contribution in [2.75, 3.05) is 45.9 Å². The Morgan fingerprint density at radius 3 is 2.57 bits per heavy atom. The van der Waals surface area contributed by atoms with Crippen molar-refractivity contribution >= 4 is 17.7 Å². The molecule has 0 saturated heterocycles. The van der Waals surface area contributed by atoms with Crippen LogP contribution in [0.15, 0.2) is 29.3 Å². The van der Waals surface area contributed by atoms with Gasteiger partial charge in [-0.3, -0.25) is 4.99 Å². The fraction of sp³-hybridized carbons (Fsp3) is 0.588. The number of aliphatic imine (C=N–C) groups is 1. The molecule has 1 aromatic rings. The van der Waals surface area contributed by atoms with Gasteiger partial charge in [-0.25, -0.2) is 0 Å². The number of nitrogens with zero attached hydrogens (tertiary/aromatic N) is 1. The molecule has 0 aliphatic carbocycles. The molecule has 0 aliphatic rings. The lowest BCUT2D eigenvalue weighted by atomic mass is 10.2. The molecule has 0 atom stereocenters. The summed E-state index contributed by atoms with van der Waals surface area (Å²) in [6.45, 7) is 2.86. The summed E-state index contributed by atoms with van der Waals surface area (Å²) in [5.74, 6) is 2.92. The van der Waals surface area contributed by atoms with Crippen molar-refractivity contribution in [2.45, 2.75) is 19.4 Å². The van der Waals surface area contributed by atoms with Crippen LogP contribution in [0.5, 0.6) is 5.75 Å². The minimum atomic E-state index is 0.571. The first-order valence-corrected chi connectivity index (χ1v) is 9.33. The Morgan fingerprint density at radius 1 is 1.13 bits per heavy atom. The normalized spacial score (nSPS) is 11.3. The predicted octanol–water partition coefficient (Wildman–Crippen LogP) is 2.52. The van der Waals surface area contributed by atoms with Crippen molar-refractivity contribution in [1.29, 1.82) is 0 Å². The highest BCUT2D eigenvalue weighted by molar-refractivity contribution is 7.98. The fourth-order valence-corrected chi connectivity index (χ4v) is 2.42. The van der Waals surface area contributed by atoms with Crippen molar-refractivity contribution in [1.82, 2.24) is 10.6 Å². The van der Waals surface area contributed by atoms with Crippen LogP contribution in [0.3, 0.4) is 0 Å². The molecule has 0 aromatic heterocycles. The lowest BCUT2D eigenvalue weighted by Crippen LogP contribution is -2.37. The number of ether oxygens (including phenoxy) is 2. The quantitative estimate of drug-likeness (QED) is 0.369. The SMILES string of the molecule is CN=C(NCCCCSC)NCc1ccc(OCCOC)cc1. The van der Waals surface area contributed by atoms with Crippen molar-refractivity contribution < 1.29 is 9.47 Å². The highest BCUT2D eigenvalue weighted by Crippen LogP contribution is 2.11. The van der Waals surface area contributed by atoms with E-state index in [2.05, 4.69) is 34.0 Å². The standard InChI is InChI=1S/C17H29N3O2S/c1-18-17(19-10-4-5-13-23-3)20-14-15-6-8-16(9-7-15)22-12-11-21-2/h6-9H,4-5,10-14H2,1-3H3,(H2,18,19,20). The molecule has 0 heterocycles. The Morgan fingerprint density at radius 2 is 1.91 bits per heavy atom. The fourth-order valence-electron chi connectivity index (χ4n) is 1.93. The molecule has 1 rings (SSSR count). The Kier molecular flexibility index (Phi) is 11.2. The van der Waals surface area contributed by atoms with Crippen LogP contribution >= 0.6 is 11.8 Å². The van der Waals surface area contributed by atoms with Crippen molar-refractivity contribution in [3.05, 3.63) is 29.8 Å². The zero-order chi connectivity index (χ0) is 16.8. The number of rotatable bonds is 11. The first-order valence-electron chi connectivity index (χ1n) is 7.94. The van der Waals surface area contributed by atoms with Gasteiger partial charge in [0.1, 0.15) is 12.4 Å². The summed E-state index contributed by atoms with van der Waals surface area (Å²) in [5.41, 5.74) is 1.19. The lowest BCUT2D eigenvalue weighted by molar-refractivity contribution is 0.146. The monoisotopic (exact) mass is 339 g/mol.